The molecule has 0 saturated heterocycles. The molecular formula is C18H17ClFN5O2. The quantitative estimate of drug-likeness (QED) is 0.840. The van der Waals surface area contributed by atoms with Crippen molar-refractivity contribution in [1.29, 1.82) is 0 Å². The van der Waals surface area contributed by atoms with Gasteiger partial charge in [0, 0.05) is 24.5 Å². The molecule has 0 unspecified atom stereocenters. The summed E-state index contributed by atoms with van der Waals surface area (Å²) in [7, 11) is 1.57. The Morgan fingerprint density at radius 2 is 2.11 bits per heavy atom. The summed E-state index contributed by atoms with van der Waals surface area (Å²) in [6.45, 7) is 1.83. The highest BCUT2D eigenvalue weighted by atomic mass is 35.5. The molecule has 0 radical (unpaired) electrons. The maximum Gasteiger partial charge on any atom is 0.288 e. The van der Waals surface area contributed by atoms with Gasteiger partial charge in [-0.25, -0.2) is 9.37 Å². The third-order valence-electron chi connectivity index (χ3n) is 4.24. The van der Waals surface area contributed by atoms with Gasteiger partial charge < -0.3 is 16.0 Å². The minimum absolute atomic E-state index is 0.152. The minimum atomic E-state index is -1.07. The summed E-state index contributed by atoms with van der Waals surface area (Å²) in [4.78, 5) is 33.7. The molecule has 0 saturated carbocycles. The number of amidine groups is 1. The van der Waals surface area contributed by atoms with E-state index in [0.717, 1.165) is 0 Å². The number of carbonyl (C=O) groups is 2. The number of amides is 2. The number of rotatable bonds is 3. The first-order valence-corrected chi connectivity index (χ1v) is 8.41. The first kappa shape index (κ1) is 18.8. The average Bonchev–Trinajstić information content (AvgIpc) is 2.61. The van der Waals surface area contributed by atoms with Gasteiger partial charge in [-0.15, -0.1) is 0 Å². The Hall–Kier alpha value is -3.00. The van der Waals surface area contributed by atoms with Crippen molar-refractivity contribution < 1.29 is 14.0 Å². The second-order valence-electron chi connectivity index (χ2n) is 6.44. The summed E-state index contributed by atoms with van der Waals surface area (Å²) >= 11 is 5.76. The van der Waals surface area contributed by atoms with Crippen molar-refractivity contribution in [2.75, 3.05) is 18.9 Å². The van der Waals surface area contributed by atoms with Crippen molar-refractivity contribution in [1.82, 2.24) is 9.88 Å². The second-order valence-corrected chi connectivity index (χ2v) is 6.88. The molecule has 0 fully saturated rings. The number of nitrogens with zero attached hydrogens (tertiary/aromatic N) is 3. The average molecular weight is 390 g/mol. The van der Waals surface area contributed by atoms with Gasteiger partial charge in [-0.2, -0.15) is 0 Å². The van der Waals surface area contributed by atoms with Crippen LogP contribution in [0.15, 0.2) is 41.5 Å². The fraction of sp³-hybridized carbons (Fsp3) is 0.222. The molecule has 27 heavy (non-hydrogen) atoms. The normalized spacial score (nSPS) is 19.6. The van der Waals surface area contributed by atoms with E-state index >= 15 is 0 Å². The van der Waals surface area contributed by atoms with Crippen molar-refractivity contribution in [2.45, 2.75) is 12.5 Å². The number of hydrogen-bond donors (Lipinski definition) is 2. The van der Waals surface area contributed by atoms with E-state index < -0.39 is 23.2 Å². The maximum atomic E-state index is 14.5. The van der Waals surface area contributed by atoms with Gasteiger partial charge in [0.05, 0.1) is 11.6 Å². The van der Waals surface area contributed by atoms with Crippen LogP contribution in [-0.2, 0) is 10.3 Å². The summed E-state index contributed by atoms with van der Waals surface area (Å²) in [5, 5.41) is 3.07. The molecule has 140 valence electrons. The second kappa shape index (κ2) is 6.96. The van der Waals surface area contributed by atoms with Gasteiger partial charge >= 0.3 is 0 Å². The van der Waals surface area contributed by atoms with E-state index in [0.29, 0.717) is 10.7 Å². The van der Waals surface area contributed by atoms with Gasteiger partial charge in [-0.1, -0.05) is 11.6 Å². The topological polar surface area (TPSA) is 101 Å². The number of likely N-dealkylation sites (N-methyl/N-ethyl adjacent to an activating group) is 1. The Balaban J connectivity index is 1.92. The number of hydrogen-bond acceptors (Lipinski definition) is 5. The molecule has 1 aliphatic rings. The number of nitrogens with one attached hydrogen (secondary N) is 1. The molecule has 2 amide bonds. The highest BCUT2D eigenvalue weighted by Crippen LogP contribution is 2.33. The molecule has 2 heterocycles. The number of benzene rings is 1. The van der Waals surface area contributed by atoms with Crippen molar-refractivity contribution >= 4 is 34.9 Å². The molecule has 3 N–H and O–H groups in total. The number of pyridine rings is 1. The zero-order chi connectivity index (χ0) is 19.8. The molecule has 0 bridgehead atoms. The van der Waals surface area contributed by atoms with Gasteiger partial charge in [0.2, 0.25) is 0 Å². The molecular weight excluding hydrogens is 373 g/mol. The van der Waals surface area contributed by atoms with Gasteiger partial charge in [0.15, 0.2) is 5.84 Å². The molecule has 9 heteroatoms. The largest absolute Gasteiger partial charge is 0.379 e. The Morgan fingerprint density at radius 1 is 1.37 bits per heavy atom. The third kappa shape index (κ3) is 3.75. The number of carbonyl (C=O) groups excluding carboxylic acids is 2. The molecule has 1 atom stereocenters. The third-order valence-corrected chi connectivity index (χ3v) is 4.47. The summed E-state index contributed by atoms with van der Waals surface area (Å²) in [5.74, 6) is -1.58. The molecule has 1 aromatic carbocycles. The van der Waals surface area contributed by atoms with Crippen LogP contribution in [0.25, 0.3) is 0 Å². The van der Waals surface area contributed by atoms with Crippen LogP contribution in [0.1, 0.15) is 23.0 Å². The first-order chi connectivity index (χ1) is 12.7. The lowest BCUT2D eigenvalue weighted by atomic mass is 9.89. The van der Waals surface area contributed by atoms with E-state index in [9.17, 15) is 14.0 Å². The molecule has 2 aromatic rings. The van der Waals surface area contributed by atoms with Crippen LogP contribution in [0.5, 0.6) is 0 Å². The van der Waals surface area contributed by atoms with Crippen LogP contribution in [-0.4, -0.2) is 41.1 Å². The lowest BCUT2D eigenvalue weighted by molar-refractivity contribution is -0.124. The standard InChI is InChI=1S/C18H17ClFN5O2/c1-18(9-25(2)17(27)15(21)24-18)12-7-11(4-5-13(12)20)23-16(26)14-6-3-10(19)8-22-14/h3-8H,9H2,1-2H3,(H2,21,24)(H,23,26)/t18-/m0/s1. The van der Waals surface area contributed by atoms with Gasteiger partial charge in [-0.05, 0) is 37.3 Å². The Kier molecular flexibility index (Phi) is 4.84. The molecule has 7 nitrogen and oxygen atoms in total. The Bertz CT molecular complexity index is 947. The van der Waals surface area contributed by atoms with E-state index in [1.165, 1.54) is 35.4 Å². The highest BCUT2D eigenvalue weighted by Gasteiger charge is 2.37. The lowest BCUT2D eigenvalue weighted by Crippen LogP contribution is -2.50. The summed E-state index contributed by atoms with van der Waals surface area (Å²) in [6.07, 6.45) is 1.36. The van der Waals surface area contributed by atoms with Crippen molar-refractivity contribution in [3.63, 3.8) is 0 Å². The van der Waals surface area contributed by atoms with Crippen molar-refractivity contribution in [3.8, 4) is 0 Å². The number of halogens is 2. The van der Waals surface area contributed by atoms with Gasteiger partial charge in [0.25, 0.3) is 11.8 Å². The van der Waals surface area contributed by atoms with E-state index in [-0.39, 0.29) is 23.6 Å². The van der Waals surface area contributed by atoms with E-state index in [4.69, 9.17) is 17.3 Å². The van der Waals surface area contributed by atoms with Crippen LogP contribution in [0, 0.1) is 5.82 Å². The van der Waals surface area contributed by atoms with Crippen molar-refractivity contribution in [3.05, 3.63) is 58.6 Å². The van der Waals surface area contributed by atoms with Gasteiger partial charge in [-0.3, -0.25) is 14.6 Å². The lowest BCUT2D eigenvalue weighted by Gasteiger charge is -2.35. The Labute approximate surface area is 160 Å². The summed E-state index contributed by atoms with van der Waals surface area (Å²) in [5.41, 5.74) is 5.36. The van der Waals surface area contributed by atoms with E-state index in [1.807, 2.05) is 0 Å². The predicted octanol–water partition coefficient (Wildman–Crippen LogP) is 2.17. The first-order valence-electron chi connectivity index (χ1n) is 8.03. The van der Waals surface area contributed by atoms with Crippen LogP contribution in [0.2, 0.25) is 5.02 Å². The monoisotopic (exact) mass is 389 g/mol. The molecule has 0 aliphatic carbocycles. The predicted molar refractivity (Wildman–Crippen MR) is 100 cm³/mol. The van der Waals surface area contributed by atoms with E-state index in [1.54, 1.807) is 20.0 Å². The van der Waals surface area contributed by atoms with Crippen LogP contribution < -0.4 is 11.1 Å². The van der Waals surface area contributed by atoms with Crippen molar-refractivity contribution in [2.24, 2.45) is 10.7 Å². The molecule has 0 spiro atoms. The maximum absolute atomic E-state index is 14.5. The molecule has 3 rings (SSSR count). The number of nitrogens with two attached hydrogens (primary N) is 1. The van der Waals surface area contributed by atoms with Gasteiger partial charge in [0.1, 0.15) is 17.1 Å². The summed E-state index contributed by atoms with van der Waals surface area (Å²) < 4.78 is 14.5. The zero-order valence-electron chi connectivity index (χ0n) is 14.7. The van der Waals surface area contributed by atoms with Crippen LogP contribution >= 0.6 is 11.6 Å². The fourth-order valence-electron chi connectivity index (χ4n) is 2.94. The van der Waals surface area contributed by atoms with Crippen LogP contribution in [0.4, 0.5) is 10.1 Å². The van der Waals surface area contributed by atoms with Crippen LogP contribution in [0.3, 0.4) is 0 Å². The van der Waals surface area contributed by atoms with E-state index in [2.05, 4.69) is 15.3 Å². The Morgan fingerprint density at radius 3 is 2.74 bits per heavy atom. The number of aromatic nitrogens is 1. The SMILES string of the molecule is CN1C[C@@](C)(c2cc(NC(=O)c3ccc(Cl)cn3)ccc2F)N=C(N)C1=O. The number of anilines is 1. The number of aliphatic imine (C=N–C) groups is 1. The molecule has 1 aromatic heterocycles. The fourth-order valence-corrected chi connectivity index (χ4v) is 3.06. The highest BCUT2D eigenvalue weighted by molar-refractivity contribution is 6.37. The minimum Gasteiger partial charge on any atom is -0.379 e. The summed E-state index contributed by atoms with van der Waals surface area (Å²) in [6, 6.07) is 7.17. The molecule has 1 aliphatic heterocycles. The zero-order valence-corrected chi connectivity index (χ0v) is 15.4. The smallest absolute Gasteiger partial charge is 0.288 e.